The van der Waals surface area contributed by atoms with Crippen molar-refractivity contribution < 1.29 is 18.3 Å². The van der Waals surface area contributed by atoms with Crippen molar-refractivity contribution in [1.82, 2.24) is 0 Å². The Morgan fingerprint density at radius 3 is 2.00 bits per heavy atom. The molecule has 0 aliphatic heterocycles. The van der Waals surface area contributed by atoms with Gasteiger partial charge in [0.15, 0.2) is 5.69 Å². The van der Waals surface area contributed by atoms with Crippen LogP contribution in [-0.2, 0) is 23.0 Å². The second-order valence-electron chi connectivity index (χ2n) is 6.48. The predicted octanol–water partition coefficient (Wildman–Crippen LogP) is 3.66. The van der Waals surface area contributed by atoms with Crippen LogP contribution in [0.5, 0.6) is 0 Å². The van der Waals surface area contributed by atoms with Crippen LogP contribution >= 0.6 is 0 Å². The normalized spacial score (nSPS) is 11.8. The average molecular weight is 356 g/mol. The van der Waals surface area contributed by atoms with Crippen molar-refractivity contribution in [3.8, 4) is 0 Å². The zero-order valence-electron chi connectivity index (χ0n) is 15.4. The molecule has 0 radical (unpaired) electrons. The Labute approximate surface area is 147 Å². The van der Waals surface area contributed by atoms with Gasteiger partial charge < -0.3 is 9.87 Å². The van der Waals surface area contributed by atoms with Crippen LogP contribution in [0.4, 0.5) is 5.69 Å². The van der Waals surface area contributed by atoms with E-state index in [9.17, 15) is 13.0 Å². The van der Waals surface area contributed by atoms with E-state index in [2.05, 4.69) is 13.8 Å². The average Bonchev–Trinajstić information content (AvgIpc) is 2.54. The van der Waals surface area contributed by atoms with E-state index in [1.165, 1.54) is 43.7 Å². The molecule has 0 unspecified atom stereocenters. The molecule has 0 saturated carbocycles. The number of aryl methyl sites for hydroxylation is 1. The van der Waals surface area contributed by atoms with Crippen molar-refractivity contribution in [1.29, 1.82) is 0 Å². The number of nitrogens with two attached hydrogens (primary N) is 1. The smallest absolute Gasteiger partial charge is 0.150 e. The summed E-state index contributed by atoms with van der Waals surface area (Å²) in [4.78, 5) is -0.0622. The largest absolute Gasteiger partial charge is 0.744 e. The van der Waals surface area contributed by atoms with Crippen molar-refractivity contribution in [3.05, 3.63) is 23.3 Å². The van der Waals surface area contributed by atoms with Crippen LogP contribution in [0, 0.1) is 0 Å². The first-order valence-corrected chi connectivity index (χ1v) is 10.8. The lowest BCUT2D eigenvalue weighted by Gasteiger charge is -2.17. The second kappa shape index (κ2) is 10.9. The van der Waals surface area contributed by atoms with Gasteiger partial charge in [0.1, 0.15) is 15.0 Å². The van der Waals surface area contributed by atoms with Crippen LogP contribution in [0.25, 0.3) is 0 Å². The van der Waals surface area contributed by atoms with Crippen LogP contribution < -0.4 is 5.32 Å². The summed E-state index contributed by atoms with van der Waals surface area (Å²) in [5, 5.41) is 1.79. The van der Waals surface area contributed by atoms with Gasteiger partial charge in [0, 0.05) is 5.56 Å². The molecule has 0 aromatic heterocycles. The Hall–Kier alpha value is -0.910. The fraction of sp³-hybridized carbons (Fsp3) is 0.684. The van der Waals surface area contributed by atoms with Gasteiger partial charge in [-0.25, -0.2) is 8.42 Å². The number of hydrogen-bond acceptors (Lipinski definition) is 3. The minimum atomic E-state index is -4.43. The van der Waals surface area contributed by atoms with Crippen LogP contribution in [0.2, 0.25) is 0 Å². The quantitative estimate of drug-likeness (QED) is 0.353. The third-order valence-electron chi connectivity index (χ3n) is 4.55. The second-order valence-corrected chi connectivity index (χ2v) is 7.83. The summed E-state index contributed by atoms with van der Waals surface area (Å²) in [5.41, 5.74) is 2.92. The van der Waals surface area contributed by atoms with Gasteiger partial charge in [0.05, 0.1) is 7.05 Å². The van der Waals surface area contributed by atoms with Crippen LogP contribution in [0.1, 0.15) is 76.3 Å². The maximum atomic E-state index is 11.6. The van der Waals surface area contributed by atoms with Gasteiger partial charge in [-0.15, -0.1) is 0 Å². The van der Waals surface area contributed by atoms with E-state index >= 15 is 0 Å². The minimum absolute atomic E-state index is 0.0622. The molecule has 4 nitrogen and oxygen atoms in total. The van der Waals surface area contributed by atoms with Gasteiger partial charge in [-0.1, -0.05) is 58.4 Å². The van der Waals surface area contributed by atoms with Crippen molar-refractivity contribution in [2.45, 2.75) is 83.0 Å². The molecule has 0 bridgehead atoms. The standard InChI is InChI=1S/C19H33NO3S/c1-4-6-8-10-12-16-14-15-18(24(21,22)23)19(20-3)17(16)13-11-9-7-5-2/h14-15,20H,4-13H2,1-3H3,(H,21,22,23). The van der Waals surface area contributed by atoms with Crippen LogP contribution in [0.15, 0.2) is 17.0 Å². The summed E-state index contributed by atoms with van der Waals surface area (Å²) in [7, 11) is -2.61. The van der Waals surface area contributed by atoms with E-state index in [1.807, 2.05) is 13.1 Å². The summed E-state index contributed by atoms with van der Waals surface area (Å²) in [6.07, 6.45) is 11.1. The van der Waals surface area contributed by atoms with Crippen molar-refractivity contribution in [2.24, 2.45) is 0 Å². The lowest BCUT2D eigenvalue weighted by Crippen LogP contribution is -2.73. The highest BCUT2D eigenvalue weighted by molar-refractivity contribution is 7.85. The van der Waals surface area contributed by atoms with Gasteiger partial charge in [0.25, 0.3) is 0 Å². The highest BCUT2D eigenvalue weighted by atomic mass is 32.2. The molecule has 0 saturated heterocycles. The summed E-state index contributed by atoms with van der Waals surface area (Å²) in [6, 6.07) is 3.36. The van der Waals surface area contributed by atoms with Crippen molar-refractivity contribution in [2.75, 3.05) is 7.05 Å². The molecule has 2 N–H and O–H groups in total. The molecule has 0 fully saturated rings. The first kappa shape index (κ1) is 21.1. The van der Waals surface area contributed by atoms with E-state index in [0.29, 0.717) is 5.69 Å². The molecule has 0 heterocycles. The highest BCUT2D eigenvalue weighted by Gasteiger charge is 2.19. The van der Waals surface area contributed by atoms with Crippen LogP contribution in [0.3, 0.4) is 0 Å². The van der Waals surface area contributed by atoms with Gasteiger partial charge in [-0.3, -0.25) is 0 Å². The summed E-state index contributed by atoms with van der Waals surface area (Å²) in [5.74, 6) is 0. The third kappa shape index (κ3) is 6.54. The third-order valence-corrected chi connectivity index (χ3v) is 5.45. The molecule has 24 heavy (non-hydrogen) atoms. The summed E-state index contributed by atoms with van der Waals surface area (Å²) in [6.45, 7) is 4.37. The van der Waals surface area contributed by atoms with E-state index in [-0.39, 0.29) is 4.90 Å². The summed E-state index contributed by atoms with van der Waals surface area (Å²) < 4.78 is 34.7. The molecule has 1 rings (SSSR count). The molecular weight excluding hydrogens is 322 g/mol. The molecule has 5 heteroatoms. The Morgan fingerprint density at radius 2 is 1.50 bits per heavy atom. The molecule has 0 aliphatic rings. The molecule has 0 aliphatic carbocycles. The Kier molecular flexibility index (Phi) is 9.56. The molecule has 0 atom stereocenters. The Balaban J connectivity index is 3.07. The van der Waals surface area contributed by atoms with Crippen molar-refractivity contribution >= 4 is 15.8 Å². The number of hydrogen-bond donors (Lipinski definition) is 1. The molecule has 0 spiro atoms. The fourth-order valence-corrected chi connectivity index (χ4v) is 3.97. The zero-order chi connectivity index (χ0) is 18.0. The predicted molar refractivity (Wildman–Crippen MR) is 97.6 cm³/mol. The van der Waals surface area contributed by atoms with Gasteiger partial charge in [0.2, 0.25) is 0 Å². The highest BCUT2D eigenvalue weighted by Crippen LogP contribution is 2.28. The van der Waals surface area contributed by atoms with Gasteiger partial charge in [-0.05, 0) is 37.3 Å². The molecule has 138 valence electrons. The molecular formula is C19H33NO3S. The van der Waals surface area contributed by atoms with Gasteiger partial charge >= 0.3 is 0 Å². The zero-order valence-corrected chi connectivity index (χ0v) is 16.3. The number of rotatable bonds is 12. The monoisotopic (exact) mass is 355 g/mol. The SMILES string of the molecule is CCCCCCc1ccc(S(=O)(=O)[O-])c([NH2+]C)c1CCCCCC. The topological polar surface area (TPSA) is 73.8 Å². The molecule has 1 aromatic carbocycles. The number of benzene rings is 1. The fourth-order valence-electron chi connectivity index (χ4n) is 3.22. The number of quaternary nitrogens is 1. The first-order chi connectivity index (χ1) is 11.5. The maximum Gasteiger partial charge on any atom is 0.150 e. The van der Waals surface area contributed by atoms with Crippen LogP contribution in [-0.4, -0.2) is 20.0 Å². The lowest BCUT2D eigenvalue weighted by atomic mass is 9.95. The maximum absolute atomic E-state index is 11.6. The van der Waals surface area contributed by atoms with E-state index in [4.69, 9.17) is 0 Å². The summed E-state index contributed by atoms with van der Waals surface area (Å²) >= 11 is 0. The van der Waals surface area contributed by atoms with E-state index < -0.39 is 10.1 Å². The number of unbranched alkanes of at least 4 members (excludes halogenated alkanes) is 6. The van der Waals surface area contributed by atoms with E-state index in [1.54, 1.807) is 5.32 Å². The first-order valence-electron chi connectivity index (χ1n) is 9.35. The Bertz CT molecular complexity index is 597. The molecule has 0 amide bonds. The lowest BCUT2D eigenvalue weighted by molar-refractivity contribution is -0.542. The van der Waals surface area contributed by atoms with Crippen molar-refractivity contribution in [3.63, 3.8) is 0 Å². The van der Waals surface area contributed by atoms with Gasteiger partial charge in [-0.2, -0.15) is 0 Å². The van der Waals surface area contributed by atoms with E-state index in [0.717, 1.165) is 37.7 Å². The Morgan fingerprint density at radius 1 is 0.917 bits per heavy atom. The molecule has 1 aromatic rings. The minimum Gasteiger partial charge on any atom is -0.744 e.